The van der Waals surface area contributed by atoms with Gasteiger partial charge in [0.1, 0.15) is 10.5 Å². The Balaban J connectivity index is 1.72. The Bertz CT molecular complexity index is 1570. The van der Waals surface area contributed by atoms with E-state index in [0.717, 1.165) is 14.9 Å². The number of carbonyl (C=O) groups excluding carboxylic acids is 3. The van der Waals surface area contributed by atoms with Crippen LogP contribution in [0.25, 0.3) is 6.08 Å². The van der Waals surface area contributed by atoms with Gasteiger partial charge in [-0.2, -0.15) is 8.42 Å². The van der Waals surface area contributed by atoms with Crippen LogP contribution in [0, 0.1) is 6.92 Å². The van der Waals surface area contributed by atoms with Gasteiger partial charge in [-0.1, -0.05) is 33.6 Å². The third-order valence-corrected chi connectivity index (χ3v) is 7.69. The molecule has 4 rings (SSSR count). The molecule has 3 aromatic carbocycles. The molecule has 3 aromatic rings. The highest BCUT2D eigenvalue weighted by Crippen LogP contribution is 2.39. The number of halogens is 2. The van der Waals surface area contributed by atoms with Crippen molar-refractivity contribution in [2.24, 2.45) is 0 Å². The molecule has 196 valence electrons. The number of benzene rings is 3. The van der Waals surface area contributed by atoms with Crippen LogP contribution in [0.2, 0.25) is 0 Å². The summed E-state index contributed by atoms with van der Waals surface area (Å²) in [6.07, 6.45) is 1.28. The van der Waals surface area contributed by atoms with Gasteiger partial charge in [0.15, 0.2) is 11.5 Å². The van der Waals surface area contributed by atoms with Crippen molar-refractivity contribution < 1.29 is 31.7 Å². The van der Waals surface area contributed by atoms with Gasteiger partial charge in [-0.05, 0) is 89.9 Å². The van der Waals surface area contributed by atoms with Crippen LogP contribution in [0.5, 0.6) is 11.5 Å². The van der Waals surface area contributed by atoms with Crippen molar-refractivity contribution in [1.82, 2.24) is 5.32 Å². The number of barbiturate groups is 1. The molecule has 1 heterocycles. The SMILES string of the molecule is CCOc1cc(/C=C2\C(=O)NC(=O)N(c3ccc(Br)cc3)C2=O)cc(Br)c1OS(=O)(=O)c1ccc(C)cc1. The molecule has 38 heavy (non-hydrogen) atoms. The molecule has 12 heteroatoms. The van der Waals surface area contributed by atoms with E-state index in [1.807, 2.05) is 6.92 Å². The number of urea groups is 1. The van der Waals surface area contributed by atoms with Crippen molar-refractivity contribution in [2.45, 2.75) is 18.7 Å². The fourth-order valence-corrected chi connectivity index (χ4v) is 5.40. The topological polar surface area (TPSA) is 119 Å². The number of nitrogens with one attached hydrogen (secondary N) is 1. The first-order valence-electron chi connectivity index (χ1n) is 11.1. The maximum atomic E-state index is 13.2. The van der Waals surface area contributed by atoms with E-state index in [2.05, 4.69) is 37.2 Å². The van der Waals surface area contributed by atoms with E-state index in [1.54, 1.807) is 43.3 Å². The summed E-state index contributed by atoms with van der Waals surface area (Å²) in [7, 11) is -4.19. The van der Waals surface area contributed by atoms with Crippen LogP contribution in [0.1, 0.15) is 18.1 Å². The van der Waals surface area contributed by atoms with E-state index in [-0.39, 0.29) is 38.7 Å². The van der Waals surface area contributed by atoms with E-state index < -0.39 is 28.0 Å². The van der Waals surface area contributed by atoms with E-state index in [0.29, 0.717) is 5.56 Å². The summed E-state index contributed by atoms with van der Waals surface area (Å²) in [5, 5.41) is 2.16. The Morgan fingerprint density at radius 3 is 2.26 bits per heavy atom. The van der Waals surface area contributed by atoms with Crippen LogP contribution in [0.4, 0.5) is 10.5 Å². The zero-order valence-electron chi connectivity index (χ0n) is 20.0. The van der Waals surface area contributed by atoms with Gasteiger partial charge < -0.3 is 8.92 Å². The summed E-state index contributed by atoms with van der Waals surface area (Å²) in [4.78, 5) is 39.0. The summed E-state index contributed by atoms with van der Waals surface area (Å²) in [5.74, 6) is -1.73. The fraction of sp³-hybridized carbons (Fsp3) is 0.115. The Kier molecular flexibility index (Phi) is 8.05. The molecule has 0 radical (unpaired) electrons. The zero-order chi connectivity index (χ0) is 27.6. The number of carbonyl (C=O) groups is 3. The van der Waals surface area contributed by atoms with Gasteiger partial charge in [0.2, 0.25) is 0 Å². The van der Waals surface area contributed by atoms with Gasteiger partial charge in [-0.15, -0.1) is 0 Å². The second-order valence-corrected chi connectivity index (χ2v) is 11.4. The van der Waals surface area contributed by atoms with Crippen molar-refractivity contribution >= 4 is 71.6 Å². The second kappa shape index (κ2) is 11.1. The number of anilines is 1. The molecule has 9 nitrogen and oxygen atoms in total. The molecule has 0 aliphatic carbocycles. The normalized spacial score (nSPS) is 15.0. The Morgan fingerprint density at radius 2 is 1.63 bits per heavy atom. The highest BCUT2D eigenvalue weighted by Gasteiger charge is 2.37. The molecule has 0 spiro atoms. The maximum absolute atomic E-state index is 13.2. The Hall–Kier alpha value is -3.48. The number of rotatable bonds is 7. The minimum Gasteiger partial charge on any atom is -0.490 e. The summed E-state index contributed by atoms with van der Waals surface area (Å²) in [5.41, 5.74) is 1.18. The fourth-order valence-electron chi connectivity index (χ4n) is 3.53. The quantitative estimate of drug-likeness (QED) is 0.206. The van der Waals surface area contributed by atoms with E-state index in [1.165, 1.54) is 30.3 Å². The molecule has 1 aliphatic rings. The van der Waals surface area contributed by atoms with Gasteiger partial charge in [0.05, 0.1) is 16.8 Å². The van der Waals surface area contributed by atoms with E-state index >= 15 is 0 Å². The van der Waals surface area contributed by atoms with Crippen LogP contribution in [-0.2, 0) is 19.7 Å². The van der Waals surface area contributed by atoms with Crippen molar-refractivity contribution in [3.8, 4) is 11.5 Å². The Morgan fingerprint density at radius 1 is 0.974 bits per heavy atom. The lowest BCUT2D eigenvalue weighted by Gasteiger charge is -2.26. The predicted molar refractivity (Wildman–Crippen MR) is 147 cm³/mol. The molecule has 0 saturated carbocycles. The van der Waals surface area contributed by atoms with Crippen molar-refractivity contribution in [1.29, 1.82) is 0 Å². The van der Waals surface area contributed by atoms with Gasteiger partial charge in [0, 0.05) is 4.47 Å². The standard InChI is InChI=1S/C26H20Br2N2O7S/c1-3-36-22-14-16(13-21(28)23(22)37-38(34,35)19-10-4-15(2)5-11-19)12-20-24(31)29-26(33)30(25(20)32)18-8-6-17(27)7-9-18/h4-14H,3H2,1-2H3,(H,29,31,33)/b20-12+. The number of ether oxygens (including phenoxy) is 1. The summed E-state index contributed by atoms with van der Waals surface area (Å²) in [6.45, 7) is 3.72. The number of imide groups is 2. The third-order valence-electron chi connectivity index (χ3n) is 5.33. The van der Waals surface area contributed by atoms with Gasteiger partial charge >= 0.3 is 16.1 Å². The number of hydrogen-bond donors (Lipinski definition) is 1. The lowest BCUT2D eigenvalue weighted by Crippen LogP contribution is -2.54. The summed E-state index contributed by atoms with van der Waals surface area (Å²) in [6, 6.07) is 14.6. The zero-order valence-corrected chi connectivity index (χ0v) is 24.0. The molecule has 1 aliphatic heterocycles. The molecule has 0 atom stereocenters. The summed E-state index contributed by atoms with van der Waals surface area (Å²) >= 11 is 6.61. The number of hydrogen-bond acceptors (Lipinski definition) is 7. The first-order chi connectivity index (χ1) is 18.0. The van der Waals surface area contributed by atoms with Crippen LogP contribution in [0.15, 0.2) is 80.1 Å². The third kappa shape index (κ3) is 5.82. The highest BCUT2D eigenvalue weighted by molar-refractivity contribution is 9.10. The largest absolute Gasteiger partial charge is 0.490 e. The van der Waals surface area contributed by atoms with Crippen LogP contribution < -0.4 is 19.1 Å². The van der Waals surface area contributed by atoms with E-state index in [4.69, 9.17) is 8.92 Å². The smallest absolute Gasteiger partial charge is 0.339 e. The number of nitrogens with zero attached hydrogens (tertiary/aromatic N) is 1. The minimum atomic E-state index is -4.19. The lowest BCUT2D eigenvalue weighted by atomic mass is 10.1. The van der Waals surface area contributed by atoms with Crippen LogP contribution in [0.3, 0.4) is 0 Å². The Labute approximate surface area is 235 Å². The van der Waals surface area contributed by atoms with Gasteiger partial charge in [-0.25, -0.2) is 9.69 Å². The predicted octanol–water partition coefficient (Wildman–Crippen LogP) is 5.35. The average molecular weight is 664 g/mol. The molecule has 0 aromatic heterocycles. The van der Waals surface area contributed by atoms with Crippen LogP contribution in [-0.4, -0.2) is 32.9 Å². The molecule has 0 bridgehead atoms. The molecular formula is C26H20Br2N2O7S. The molecular weight excluding hydrogens is 644 g/mol. The lowest BCUT2D eigenvalue weighted by molar-refractivity contribution is -0.122. The minimum absolute atomic E-state index is 0.0363. The van der Waals surface area contributed by atoms with Crippen molar-refractivity contribution in [3.63, 3.8) is 0 Å². The monoisotopic (exact) mass is 662 g/mol. The van der Waals surface area contributed by atoms with Crippen molar-refractivity contribution in [2.75, 3.05) is 11.5 Å². The van der Waals surface area contributed by atoms with E-state index in [9.17, 15) is 22.8 Å². The van der Waals surface area contributed by atoms with Crippen LogP contribution >= 0.6 is 31.9 Å². The van der Waals surface area contributed by atoms with Crippen molar-refractivity contribution in [3.05, 3.63) is 86.3 Å². The van der Waals surface area contributed by atoms with Gasteiger partial charge in [-0.3, -0.25) is 14.9 Å². The number of amides is 4. The highest BCUT2D eigenvalue weighted by atomic mass is 79.9. The summed E-state index contributed by atoms with van der Waals surface area (Å²) < 4.78 is 37.7. The molecule has 1 fully saturated rings. The maximum Gasteiger partial charge on any atom is 0.339 e. The second-order valence-electron chi connectivity index (χ2n) is 8.05. The van der Waals surface area contributed by atoms with Gasteiger partial charge in [0.25, 0.3) is 11.8 Å². The molecule has 0 unspecified atom stereocenters. The average Bonchev–Trinajstić information content (AvgIpc) is 2.85. The first-order valence-corrected chi connectivity index (χ1v) is 14.1. The first kappa shape index (κ1) is 27.6. The molecule has 1 N–H and O–H groups in total. The molecule has 1 saturated heterocycles. The number of aryl methyl sites for hydroxylation is 1. The molecule has 4 amide bonds.